The number of benzene rings is 1. The Kier molecular flexibility index (Phi) is 4.79. The summed E-state index contributed by atoms with van der Waals surface area (Å²) in [6, 6.07) is 6.33. The second-order valence-electron chi connectivity index (χ2n) is 5.31. The molecule has 0 saturated carbocycles. The number of hydrogen-bond acceptors (Lipinski definition) is 4. The Bertz CT molecular complexity index is 807. The minimum absolute atomic E-state index is 0.261. The molecule has 3 rings (SSSR count). The SMILES string of the molecule is N#Cc1c(N2CCCC2)n[nH]c1NC(=O)Nc1ccc(Cl)c(Cl)c1. The van der Waals surface area contributed by atoms with Crippen molar-refractivity contribution < 1.29 is 4.79 Å². The molecule has 2 amide bonds. The van der Waals surface area contributed by atoms with E-state index < -0.39 is 6.03 Å². The van der Waals surface area contributed by atoms with Crippen molar-refractivity contribution in [2.45, 2.75) is 12.8 Å². The third-order valence-corrected chi connectivity index (χ3v) is 4.42. The molecule has 0 bridgehead atoms. The van der Waals surface area contributed by atoms with Gasteiger partial charge >= 0.3 is 6.03 Å². The van der Waals surface area contributed by atoms with Gasteiger partial charge in [-0.05, 0) is 31.0 Å². The highest BCUT2D eigenvalue weighted by Crippen LogP contribution is 2.27. The molecule has 2 heterocycles. The molecule has 1 aromatic carbocycles. The summed E-state index contributed by atoms with van der Waals surface area (Å²) in [5.41, 5.74) is 0.806. The molecule has 24 heavy (non-hydrogen) atoms. The third kappa shape index (κ3) is 3.40. The molecule has 0 radical (unpaired) electrons. The smallest absolute Gasteiger partial charge is 0.324 e. The van der Waals surface area contributed by atoms with Crippen LogP contribution in [0, 0.1) is 11.3 Å². The minimum Gasteiger partial charge on any atom is -0.354 e. The highest BCUT2D eigenvalue weighted by Gasteiger charge is 2.22. The van der Waals surface area contributed by atoms with Crippen LogP contribution in [0.25, 0.3) is 0 Å². The Balaban J connectivity index is 1.72. The van der Waals surface area contributed by atoms with Gasteiger partial charge in [0.2, 0.25) is 0 Å². The van der Waals surface area contributed by atoms with Crippen LogP contribution >= 0.6 is 23.2 Å². The molecular weight excluding hydrogens is 351 g/mol. The quantitative estimate of drug-likeness (QED) is 0.770. The highest BCUT2D eigenvalue weighted by atomic mass is 35.5. The number of urea groups is 1. The summed E-state index contributed by atoms with van der Waals surface area (Å²) < 4.78 is 0. The number of aromatic nitrogens is 2. The lowest BCUT2D eigenvalue weighted by atomic mass is 10.3. The van der Waals surface area contributed by atoms with Gasteiger partial charge in [-0.2, -0.15) is 10.4 Å². The molecule has 7 nitrogen and oxygen atoms in total. The van der Waals surface area contributed by atoms with Gasteiger partial charge in [-0.15, -0.1) is 0 Å². The van der Waals surface area contributed by atoms with Crippen molar-refractivity contribution in [3.05, 3.63) is 33.8 Å². The van der Waals surface area contributed by atoms with Gasteiger partial charge in [0, 0.05) is 18.8 Å². The summed E-state index contributed by atoms with van der Waals surface area (Å²) >= 11 is 11.8. The van der Waals surface area contributed by atoms with E-state index in [1.165, 1.54) is 6.07 Å². The van der Waals surface area contributed by atoms with Crippen molar-refractivity contribution in [3.8, 4) is 6.07 Å². The summed E-state index contributed by atoms with van der Waals surface area (Å²) in [5.74, 6) is 0.830. The fraction of sp³-hybridized carbons (Fsp3) is 0.267. The molecular formula is C15H14Cl2N6O. The Labute approximate surface area is 148 Å². The lowest BCUT2D eigenvalue weighted by Crippen LogP contribution is -2.21. The highest BCUT2D eigenvalue weighted by molar-refractivity contribution is 6.42. The summed E-state index contributed by atoms with van der Waals surface area (Å²) in [6.07, 6.45) is 2.14. The number of H-pyrrole nitrogens is 1. The molecule has 0 spiro atoms. The first-order chi connectivity index (χ1) is 11.6. The van der Waals surface area contributed by atoms with Crippen LogP contribution < -0.4 is 15.5 Å². The zero-order valence-corrected chi connectivity index (χ0v) is 14.1. The van der Waals surface area contributed by atoms with Crippen LogP contribution in [0.4, 0.5) is 22.1 Å². The lowest BCUT2D eigenvalue weighted by Gasteiger charge is -2.13. The van der Waals surface area contributed by atoms with Gasteiger partial charge < -0.3 is 10.2 Å². The Morgan fingerprint density at radius 1 is 1.25 bits per heavy atom. The number of nitrogens with one attached hydrogen (secondary N) is 3. The minimum atomic E-state index is -0.512. The van der Waals surface area contributed by atoms with E-state index in [2.05, 4.69) is 26.9 Å². The molecule has 0 unspecified atom stereocenters. The number of nitrogens with zero attached hydrogens (tertiary/aromatic N) is 3. The molecule has 2 aromatic rings. The second kappa shape index (κ2) is 6.99. The van der Waals surface area contributed by atoms with Gasteiger partial charge in [0.25, 0.3) is 0 Å². The van der Waals surface area contributed by atoms with Gasteiger partial charge in [0.05, 0.1) is 10.0 Å². The van der Waals surface area contributed by atoms with Crippen LogP contribution in [0.3, 0.4) is 0 Å². The first-order valence-corrected chi connectivity index (χ1v) is 8.10. The van der Waals surface area contributed by atoms with E-state index in [9.17, 15) is 10.1 Å². The molecule has 1 aromatic heterocycles. The fourth-order valence-corrected chi connectivity index (χ4v) is 2.83. The number of anilines is 3. The van der Waals surface area contributed by atoms with E-state index in [0.29, 0.717) is 27.1 Å². The zero-order chi connectivity index (χ0) is 17.1. The fourth-order valence-electron chi connectivity index (χ4n) is 2.54. The number of nitriles is 1. The average molecular weight is 365 g/mol. The topological polar surface area (TPSA) is 96.8 Å². The molecule has 1 fully saturated rings. The van der Waals surface area contributed by atoms with E-state index >= 15 is 0 Å². The van der Waals surface area contributed by atoms with Crippen molar-refractivity contribution >= 4 is 46.6 Å². The number of carbonyl (C=O) groups is 1. The van der Waals surface area contributed by atoms with Crippen LogP contribution in [0.15, 0.2) is 18.2 Å². The van der Waals surface area contributed by atoms with E-state index in [-0.39, 0.29) is 5.82 Å². The Morgan fingerprint density at radius 2 is 2.00 bits per heavy atom. The average Bonchev–Trinajstić information content (AvgIpc) is 3.19. The molecule has 0 aliphatic carbocycles. The van der Waals surface area contributed by atoms with Crippen molar-refractivity contribution in [3.63, 3.8) is 0 Å². The summed E-state index contributed by atoms with van der Waals surface area (Å²) in [4.78, 5) is 14.1. The van der Waals surface area contributed by atoms with Gasteiger partial charge in [0.15, 0.2) is 5.82 Å². The number of hydrogen-bond donors (Lipinski definition) is 3. The van der Waals surface area contributed by atoms with E-state index in [0.717, 1.165) is 25.9 Å². The Morgan fingerprint density at radius 3 is 2.67 bits per heavy atom. The standard InChI is InChI=1S/C15H14Cl2N6O/c16-11-4-3-9(7-12(11)17)19-15(24)20-13-10(8-18)14(22-21-13)23-5-1-2-6-23/h3-4,7H,1-2,5-6H2,(H3,19,20,21,22,24). The van der Waals surface area contributed by atoms with Gasteiger partial charge in [-0.25, -0.2) is 4.79 Å². The summed E-state index contributed by atoms with van der Waals surface area (Å²) in [5, 5.41) is 22.2. The van der Waals surface area contributed by atoms with E-state index in [1.807, 2.05) is 4.90 Å². The molecule has 3 N–H and O–H groups in total. The number of halogens is 2. The van der Waals surface area contributed by atoms with Crippen molar-refractivity contribution in [2.24, 2.45) is 0 Å². The first kappa shape index (κ1) is 16.4. The largest absolute Gasteiger partial charge is 0.354 e. The molecule has 1 aliphatic heterocycles. The predicted octanol–water partition coefficient (Wildman–Crippen LogP) is 3.83. The maximum atomic E-state index is 12.1. The summed E-state index contributed by atoms with van der Waals surface area (Å²) in [6.45, 7) is 1.71. The normalized spacial score (nSPS) is 13.6. The summed E-state index contributed by atoms with van der Waals surface area (Å²) in [7, 11) is 0. The van der Waals surface area contributed by atoms with Gasteiger partial charge in [-0.1, -0.05) is 23.2 Å². The molecule has 124 valence electrons. The first-order valence-electron chi connectivity index (χ1n) is 7.35. The van der Waals surface area contributed by atoms with E-state index in [1.54, 1.807) is 12.1 Å². The molecule has 0 atom stereocenters. The predicted molar refractivity (Wildman–Crippen MR) is 93.9 cm³/mol. The number of rotatable bonds is 3. The number of amides is 2. The van der Waals surface area contributed by atoms with Crippen LogP contribution in [-0.4, -0.2) is 29.3 Å². The van der Waals surface area contributed by atoms with Crippen LogP contribution in [0.5, 0.6) is 0 Å². The van der Waals surface area contributed by atoms with Crippen LogP contribution in [-0.2, 0) is 0 Å². The molecule has 9 heteroatoms. The monoisotopic (exact) mass is 364 g/mol. The second-order valence-corrected chi connectivity index (χ2v) is 6.13. The van der Waals surface area contributed by atoms with E-state index in [4.69, 9.17) is 23.2 Å². The van der Waals surface area contributed by atoms with Crippen LogP contribution in [0.1, 0.15) is 18.4 Å². The molecule has 1 saturated heterocycles. The number of carbonyl (C=O) groups excluding carboxylic acids is 1. The Hall–Kier alpha value is -2.43. The zero-order valence-electron chi connectivity index (χ0n) is 12.6. The van der Waals surface area contributed by atoms with Crippen molar-refractivity contribution in [1.29, 1.82) is 5.26 Å². The van der Waals surface area contributed by atoms with Crippen LogP contribution in [0.2, 0.25) is 10.0 Å². The third-order valence-electron chi connectivity index (χ3n) is 3.68. The van der Waals surface area contributed by atoms with Crippen molar-refractivity contribution in [2.75, 3.05) is 28.6 Å². The lowest BCUT2D eigenvalue weighted by molar-refractivity contribution is 0.262. The molecule has 1 aliphatic rings. The maximum absolute atomic E-state index is 12.1. The van der Waals surface area contributed by atoms with Gasteiger partial charge in [0.1, 0.15) is 17.5 Å². The van der Waals surface area contributed by atoms with Gasteiger partial charge in [-0.3, -0.25) is 10.4 Å². The van der Waals surface area contributed by atoms with Crippen molar-refractivity contribution in [1.82, 2.24) is 10.2 Å². The number of aromatic amines is 1. The maximum Gasteiger partial charge on any atom is 0.324 e.